The van der Waals surface area contributed by atoms with E-state index in [1.165, 1.54) is 12.1 Å². The molecule has 0 spiro atoms. The summed E-state index contributed by atoms with van der Waals surface area (Å²) >= 11 is 3.31. The van der Waals surface area contributed by atoms with Crippen molar-refractivity contribution in [1.29, 1.82) is 0 Å². The fourth-order valence-electron chi connectivity index (χ4n) is 2.44. The molecule has 0 aliphatic carbocycles. The van der Waals surface area contributed by atoms with Gasteiger partial charge in [-0.1, -0.05) is 34.4 Å². The van der Waals surface area contributed by atoms with E-state index in [0.29, 0.717) is 17.9 Å². The third-order valence-electron chi connectivity index (χ3n) is 3.98. The van der Waals surface area contributed by atoms with Crippen molar-refractivity contribution >= 4 is 26.0 Å². The lowest BCUT2D eigenvalue weighted by molar-refractivity contribution is 0.286. The zero-order valence-corrected chi connectivity index (χ0v) is 17.9. The molecular weight excluding hydrogens is 446 g/mol. The van der Waals surface area contributed by atoms with Gasteiger partial charge in [0.1, 0.15) is 5.75 Å². The van der Waals surface area contributed by atoms with Gasteiger partial charge in [-0.3, -0.25) is 0 Å². The molecule has 3 aromatic rings. The van der Waals surface area contributed by atoms with Gasteiger partial charge in [0.15, 0.2) is 5.82 Å². The minimum absolute atomic E-state index is 0.0277. The van der Waals surface area contributed by atoms with Crippen molar-refractivity contribution in [2.24, 2.45) is 0 Å². The van der Waals surface area contributed by atoms with Crippen LogP contribution in [0, 0.1) is 0 Å². The topological polar surface area (TPSA) is 83.3 Å². The van der Waals surface area contributed by atoms with E-state index in [-0.39, 0.29) is 16.7 Å². The SMILES string of the molecule is CCCCOc1nc(-c2ccc(OC)cc2)n(S(=O)(=O)c2ccc(Br)cc2)n1. The highest BCUT2D eigenvalue weighted by molar-refractivity contribution is 9.10. The third kappa shape index (κ3) is 4.36. The van der Waals surface area contributed by atoms with E-state index < -0.39 is 10.0 Å². The first-order valence-corrected chi connectivity index (χ1v) is 10.9. The van der Waals surface area contributed by atoms with Crippen LogP contribution in [0.1, 0.15) is 19.8 Å². The molecule has 1 heterocycles. The molecule has 0 radical (unpaired) electrons. The summed E-state index contributed by atoms with van der Waals surface area (Å²) in [6.45, 7) is 2.46. The number of halogens is 1. The Morgan fingerprint density at radius 2 is 1.75 bits per heavy atom. The van der Waals surface area contributed by atoms with Gasteiger partial charge in [-0.05, 0) is 55.0 Å². The van der Waals surface area contributed by atoms with Crippen LogP contribution in [0.25, 0.3) is 11.4 Å². The molecule has 28 heavy (non-hydrogen) atoms. The summed E-state index contributed by atoms with van der Waals surface area (Å²) < 4.78 is 38.7. The first kappa shape index (κ1) is 20.3. The third-order valence-corrected chi connectivity index (χ3v) is 6.08. The molecule has 1 aromatic heterocycles. The number of benzene rings is 2. The molecular formula is C19H20BrN3O4S. The predicted octanol–water partition coefficient (Wildman–Crippen LogP) is 4.13. The molecule has 0 aliphatic heterocycles. The lowest BCUT2D eigenvalue weighted by Crippen LogP contribution is -2.16. The first-order valence-electron chi connectivity index (χ1n) is 8.71. The van der Waals surface area contributed by atoms with Crippen molar-refractivity contribution in [3.05, 3.63) is 53.0 Å². The van der Waals surface area contributed by atoms with E-state index in [2.05, 4.69) is 26.0 Å². The summed E-state index contributed by atoms with van der Waals surface area (Å²) in [5.41, 5.74) is 0.583. The number of nitrogens with zero attached hydrogens (tertiary/aromatic N) is 3. The number of rotatable bonds is 8. The minimum atomic E-state index is -3.95. The second kappa shape index (κ2) is 8.74. The standard InChI is InChI=1S/C19H20BrN3O4S/c1-3-4-13-27-19-21-18(14-5-9-16(26-2)10-6-14)23(22-19)28(24,25)17-11-7-15(20)8-12-17/h5-12H,3-4,13H2,1-2H3. The maximum Gasteiger partial charge on any atom is 0.337 e. The fourth-order valence-corrected chi connectivity index (χ4v) is 3.93. The molecule has 0 saturated heterocycles. The van der Waals surface area contributed by atoms with Crippen LogP contribution >= 0.6 is 15.9 Å². The molecule has 0 unspecified atom stereocenters. The van der Waals surface area contributed by atoms with Crippen molar-refractivity contribution in [1.82, 2.24) is 14.2 Å². The van der Waals surface area contributed by atoms with E-state index >= 15 is 0 Å². The number of hydrogen-bond donors (Lipinski definition) is 0. The van der Waals surface area contributed by atoms with E-state index in [0.717, 1.165) is 21.4 Å². The lowest BCUT2D eigenvalue weighted by atomic mass is 10.2. The molecule has 0 aliphatic rings. The van der Waals surface area contributed by atoms with Gasteiger partial charge in [0.25, 0.3) is 10.0 Å². The number of unbranched alkanes of at least 4 members (excludes halogenated alkanes) is 1. The van der Waals surface area contributed by atoms with E-state index in [4.69, 9.17) is 9.47 Å². The molecule has 3 rings (SSSR count). The summed E-state index contributed by atoms with van der Waals surface area (Å²) in [5, 5.41) is 4.12. The van der Waals surface area contributed by atoms with Crippen molar-refractivity contribution in [2.75, 3.05) is 13.7 Å². The second-order valence-electron chi connectivity index (χ2n) is 5.95. The molecule has 148 valence electrons. The van der Waals surface area contributed by atoms with Gasteiger partial charge >= 0.3 is 6.01 Å². The molecule has 0 N–H and O–H groups in total. The Morgan fingerprint density at radius 1 is 1.07 bits per heavy atom. The van der Waals surface area contributed by atoms with Crippen LogP contribution in [0.5, 0.6) is 11.8 Å². The average molecular weight is 466 g/mol. The van der Waals surface area contributed by atoms with Crippen molar-refractivity contribution < 1.29 is 17.9 Å². The van der Waals surface area contributed by atoms with Gasteiger partial charge in [0, 0.05) is 10.0 Å². The Labute approximate surface area is 172 Å². The molecule has 0 saturated carbocycles. The Morgan fingerprint density at radius 3 is 2.36 bits per heavy atom. The Balaban J connectivity index is 2.07. The Kier molecular flexibility index (Phi) is 6.35. The summed E-state index contributed by atoms with van der Waals surface area (Å²) in [6, 6.07) is 13.3. The zero-order valence-electron chi connectivity index (χ0n) is 15.5. The quantitative estimate of drug-likeness (QED) is 0.465. The monoisotopic (exact) mass is 465 g/mol. The van der Waals surface area contributed by atoms with Crippen molar-refractivity contribution in [3.63, 3.8) is 0 Å². The zero-order chi connectivity index (χ0) is 20.1. The second-order valence-corrected chi connectivity index (χ2v) is 8.63. The molecule has 2 aromatic carbocycles. The average Bonchev–Trinajstić information content (AvgIpc) is 3.14. The van der Waals surface area contributed by atoms with Gasteiger partial charge in [0.2, 0.25) is 0 Å². The smallest absolute Gasteiger partial charge is 0.337 e. The Hall–Kier alpha value is -2.39. The van der Waals surface area contributed by atoms with Crippen LogP contribution in [0.3, 0.4) is 0 Å². The largest absolute Gasteiger partial charge is 0.497 e. The van der Waals surface area contributed by atoms with Crippen LogP contribution < -0.4 is 9.47 Å². The normalized spacial score (nSPS) is 11.4. The van der Waals surface area contributed by atoms with Crippen LogP contribution in [-0.4, -0.2) is 36.3 Å². The maximum atomic E-state index is 13.2. The number of aromatic nitrogens is 3. The van der Waals surface area contributed by atoms with Gasteiger partial charge < -0.3 is 9.47 Å². The number of hydrogen-bond acceptors (Lipinski definition) is 6. The first-order chi connectivity index (χ1) is 13.5. The lowest BCUT2D eigenvalue weighted by Gasteiger charge is -2.08. The van der Waals surface area contributed by atoms with Gasteiger partial charge in [-0.2, -0.15) is 13.4 Å². The summed E-state index contributed by atoms with van der Waals surface area (Å²) in [4.78, 5) is 4.42. The Bertz CT molecular complexity index is 1030. The summed E-state index contributed by atoms with van der Waals surface area (Å²) in [5.74, 6) is 0.835. The van der Waals surface area contributed by atoms with Crippen molar-refractivity contribution in [2.45, 2.75) is 24.7 Å². The summed E-state index contributed by atoms with van der Waals surface area (Å²) in [6.07, 6.45) is 1.77. The van der Waals surface area contributed by atoms with Gasteiger partial charge in [0.05, 0.1) is 18.6 Å². The van der Waals surface area contributed by atoms with E-state index in [1.54, 1.807) is 43.5 Å². The fraction of sp³-hybridized carbons (Fsp3) is 0.263. The van der Waals surface area contributed by atoms with E-state index in [9.17, 15) is 8.42 Å². The highest BCUT2D eigenvalue weighted by Crippen LogP contribution is 2.27. The summed E-state index contributed by atoms with van der Waals surface area (Å²) in [7, 11) is -2.38. The number of methoxy groups -OCH3 is 1. The minimum Gasteiger partial charge on any atom is -0.497 e. The van der Waals surface area contributed by atoms with Gasteiger partial charge in [-0.15, -0.1) is 4.09 Å². The van der Waals surface area contributed by atoms with Crippen LogP contribution in [0.2, 0.25) is 0 Å². The molecule has 0 bridgehead atoms. The highest BCUT2D eigenvalue weighted by atomic mass is 79.9. The molecule has 0 fully saturated rings. The predicted molar refractivity (Wildman–Crippen MR) is 109 cm³/mol. The van der Waals surface area contributed by atoms with Crippen LogP contribution in [-0.2, 0) is 10.0 Å². The maximum absolute atomic E-state index is 13.2. The van der Waals surface area contributed by atoms with Crippen LogP contribution in [0.4, 0.5) is 0 Å². The van der Waals surface area contributed by atoms with Crippen molar-refractivity contribution in [3.8, 4) is 23.1 Å². The van der Waals surface area contributed by atoms with Gasteiger partial charge in [-0.25, -0.2) is 0 Å². The highest BCUT2D eigenvalue weighted by Gasteiger charge is 2.25. The van der Waals surface area contributed by atoms with Crippen LogP contribution in [0.15, 0.2) is 57.9 Å². The molecule has 0 atom stereocenters. The molecule has 0 amide bonds. The van der Waals surface area contributed by atoms with E-state index in [1.807, 2.05) is 6.92 Å². The molecule has 7 nitrogen and oxygen atoms in total. The number of ether oxygens (including phenoxy) is 2. The molecule has 9 heteroatoms.